The molecule has 142 valence electrons. The Kier molecular flexibility index (Phi) is 9.57. The molecular formula is C21H29NO4. The lowest BCUT2D eigenvalue weighted by atomic mass is 10.1. The lowest BCUT2D eigenvalue weighted by Crippen LogP contribution is -2.18. The largest absolute Gasteiger partial charge is 0.491 e. The number of methoxy groups -OCH3 is 2. The minimum atomic E-state index is 0.509. The number of benzene rings is 2. The van der Waals surface area contributed by atoms with E-state index in [1.54, 1.807) is 14.2 Å². The quantitative estimate of drug-likeness (QED) is 0.557. The molecule has 0 aromatic heterocycles. The van der Waals surface area contributed by atoms with Gasteiger partial charge in [-0.15, -0.1) is 0 Å². The van der Waals surface area contributed by atoms with Crippen molar-refractivity contribution >= 4 is 0 Å². The van der Waals surface area contributed by atoms with E-state index in [2.05, 4.69) is 29.6 Å². The number of rotatable bonds is 13. The molecule has 0 unspecified atom stereocenters. The fourth-order valence-corrected chi connectivity index (χ4v) is 2.48. The average molecular weight is 359 g/mol. The van der Waals surface area contributed by atoms with Crippen molar-refractivity contribution in [1.29, 1.82) is 0 Å². The van der Waals surface area contributed by atoms with Gasteiger partial charge in [0.25, 0.3) is 0 Å². The highest BCUT2D eigenvalue weighted by Gasteiger charge is 2.07. The van der Waals surface area contributed by atoms with E-state index in [1.807, 2.05) is 24.3 Å². The van der Waals surface area contributed by atoms with Gasteiger partial charge in [-0.1, -0.05) is 36.4 Å². The van der Waals surface area contributed by atoms with E-state index in [0.29, 0.717) is 26.4 Å². The Bertz CT molecular complexity index is 619. The number of hydrogen-bond donors (Lipinski definition) is 1. The molecule has 2 aromatic carbocycles. The summed E-state index contributed by atoms with van der Waals surface area (Å²) in [6.45, 7) is 3.79. The summed E-state index contributed by atoms with van der Waals surface area (Å²) >= 11 is 0. The average Bonchev–Trinajstić information content (AvgIpc) is 2.68. The van der Waals surface area contributed by atoms with Crippen LogP contribution < -0.4 is 14.8 Å². The van der Waals surface area contributed by atoms with Gasteiger partial charge in [-0.3, -0.25) is 0 Å². The van der Waals surface area contributed by atoms with Gasteiger partial charge in [0.05, 0.1) is 13.2 Å². The highest BCUT2D eigenvalue weighted by atomic mass is 16.5. The van der Waals surface area contributed by atoms with Crippen molar-refractivity contribution < 1.29 is 18.9 Å². The van der Waals surface area contributed by atoms with Gasteiger partial charge in [-0.05, 0) is 24.6 Å². The summed E-state index contributed by atoms with van der Waals surface area (Å²) in [5, 5.41) is 3.48. The van der Waals surface area contributed by atoms with Crippen LogP contribution in [0.4, 0.5) is 0 Å². The van der Waals surface area contributed by atoms with Crippen molar-refractivity contribution in [2.45, 2.75) is 13.0 Å². The second kappa shape index (κ2) is 12.3. The molecular weight excluding hydrogens is 330 g/mol. The van der Waals surface area contributed by atoms with Gasteiger partial charge < -0.3 is 24.3 Å². The molecule has 0 saturated heterocycles. The van der Waals surface area contributed by atoms with Crippen LogP contribution in [0.15, 0.2) is 48.5 Å². The molecule has 0 radical (unpaired) electrons. The third-order valence-electron chi connectivity index (χ3n) is 3.89. The molecule has 0 amide bonds. The van der Waals surface area contributed by atoms with E-state index in [0.717, 1.165) is 36.6 Å². The summed E-state index contributed by atoms with van der Waals surface area (Å²) in [4.78, 5) is 0. The predicted octanol–water partition coefficient (Wildman–Crippen LogP) is 3.07. The van der Waals surface area contributed by atoms with Gasteiger partial charge in [-0.25, -0.2) is 0 Å². The number of ether oxygens (including phenoxy) is 4. The van der Waals surface area contributed by atoms with Gasteiger partial charge in [0, 0.05) is 32.4 Å². The molecule has 0 heterocycles. The monoisotopic (exact) mass is 359 g/mol. The Balaban J connectivity index is 1.89. The Morgan fingerprint density at radius 2 is 1.54 bits per heavy atom. The summed E-state index contributed by atoms with van der Waals surface area (Å²) in [6.07, 6.45) is 0.999. The molecule has 0 atom stereocenters. The van der Waals surface area contributed by atoms with Gasteiger partial charge in [-0.2, -0.15) is 0 Å². The Morgan fingerprint density at radius 1 is 0.808 bits per heavy atom. The van der Waals surface area contributed by atoms with E-state index in [9.17, 15) is 0 Å². The van der Waals surface area contributed by atoms with Crippen LogP contribution in [0.3, 0.4) is 0 Å². The van der Waals surface area contributed by atoms with Crippen molar-refractivity contribution in [3.8, 4) is 11.5 Å². The molecule has 0 bridgehead atoms. The van der Waals surface area contributed by atoms with E-state index in [4.69, 9.17) is 18.9 Å². The van der Waals surface area contributed by atoms with Crippen LogP contribution in [0.5, 0.6) is 11.5 Å². The van der Waals surface area contributed by atoms with Crippen molar-refractivity contribution in [2.24, 2.45) is 0 Å². The third kappa shape index (κ3) is 7.44. The molecule has 2 rings (SSSR count). The summed E-state index contributed by atoms with van der Waals surface area (Å²) in [7, 11) is 3.33. The normalized spacial score (nSPS) is 10.7. The molecule has 0 aliphatic heterocycles. The zero-order valence-corrected chi connectivity index (χ0v) is 15.7. The van der Waals surface area contributed by atoms with Gasteiger partial charge in [0.2, 0.25) is 0 Å². The maximum atomic E-state index is 5.86. The van der Waals surface area contributed by atoms with E-state index in [1.165, 1.54) is 5.56 Å². The fraction of sp³-hybridized carbons (Fsp3) is 0.429. The molecule has 2 aromatic rings. The molecule has 0 aliphatic carbocycles. The van der Waals surface area contributed by atoms with Gasteiger partial charge >= 0.3 is 0 Å². The van der Waals surface area contributed by atoms with Crippen LogP contribution in [-0.2, 0) is 22.4 Å². The smallest absolute Gasteiger partial charge is 0.127 e. The molecule has 0 fully saturated rings. The Morgan fingerprint density at radius 3 is 2.27 bits per heavy atom. The topological polar surface area (TPSA) is 49.0 Å². The minimum Gasteiger partial charge on any atom is -0.491 e. The lowest BCUT2D eigenvalue weighted by Gasteiger charge is -2.14. The molecule has 5 heteroatoms. The third-order valence-corrected chi connectivity index (χ3v) is 3.89. The first-order chi connectivity index (χ1) is 12.8. The number of nitrogens with one attached hydrogen (secondary N) is 1. The first kappa shape index (κ1) is 20.2. The molecule has 5 nitrogen and oxygen atoms in total. The Hall–Kier alpha value is -2.08. The second-order valence-corrected chi connectivity index (χ2v) is 5.86. The van der Waals surface area contributed by atoms with Crippen LogP contribution in [0.25, 0.3) is 0 Å². The van der Waals surface area contributed by atoms with Crippen molar-refractivity contribution in [2.75, 3.05) is 47.2 Å². The second-order valence-electron chi connectivity index (χ2n) is 5.86. The van der Waals surface area contributed by atoms with Crippen LogP contribution in [0.2, 0.25) is 0 Å². The molecule has 0 spiro atoms. The molecule has 0 saturated carbocycles. The van der Waals surface area contributed by atoms with Crippen LogP contribution in [0.1, 0.15) is 11.1 Å². The Labute approximate surface area is 156 Å². The summed E-state index contributed by atoms with van der Waals surface area (Å²) in [6, 6.07) is 16.4. The first-order valence-electron chi connectivity index (χ1n) is 8.94. The standard InChI is InChI=1S/C21H29NO4/c1-23-12-14-25-20-9-8-19(21(16-20)26-15-13-24-2)17-22-11-10-18-6-4-3-5-7-18/h3-9,16,22H,10-15,17H2,1-2H3. The van der Waals surface area contributed by atoms with Crippen molar-refractivity contribution in [3.63, 3.8) is 0 Å². The first-order valence-corrected chi connectivity index (χ1v) is 8.94. The number of hydrogen-bond acceptors (Lipinski definition) is 5. The van der Waals surface area contributed by atoms with E-state index < -0.39 is 0 Å². The molecule has 26 heavy (non-hydrogen) atoms. The summed E-state index contributed by atoms with van der Waals surface area (Å²) < 4.78 is 21.6. The molecule has 0 aliphatic rings. The van der Waals surface area contributed by atoms with Crippen LogP contribution in [0, 0.1) is 0 Å². The van der Waals surface area contributed by atoms with Gasteiger partial charge in [0.1, 0.15) is 24.7 Å². The van der Waals surface area contributed by atoms with E-state index >= 15 is 0 Å². The summed E-state index contributed by atoms with van der Waals surface area (Å²) in [5.41, 5.74) is 2.44. The maximum Gasteiger partial charge on any atom is 0.127 e. The highest BCUT2D eigenvalue weighted by molar-refractivity contribution is 5.40. The van der Waals surface area contributed by atoms with Crippen molar-refractivity contribution in [3.05, 3.63) is 59.7 Å². The fourth-order valence-electron chi connectivity index (χ4n) is 2.48. The van der Waals surface area contributed by atoms with E-state index in [-0.39, 0.29) is 0 Å². The van der Waals surface area contributed by atoms with Crippen LogP contribution >= 0.6 is 0 Å². The zero-order chi connectivity index (χ0) is 18.5. The predicted molar refractivity (Wildman–Crippen MR) is 103 cm³/mol. The van der Waals surface area contributed by atoms with Gasteiger partial charge in [0.15, 0.2) is 0 Å². The zero-order valence-electron chi connectivity index (χ0n) is 15.7. The molecule has 1 N–H and O–H groups in total. The lowest BCUT2D eigenvalue weighted by molar-refractivity contribution is 0.142. The SMILES string of the molecule is COCCOc1ccc(CNCCc2ccccc2)c(OCCOC)c1. The van der Waals surface area contributed by atoms with Crippen molar-refractivity contribution in [1.82, 2.24) is 5.32 Å². The minimum absolute atomic E-state index is 0.509. The highest BCUT2D eigenvalue weighted by Crippen LogP contribution is 2.25. The maximum absolute atomic E-state index is 5.86. The van der Waals surface area contributed by atoms with Crippen LogP contribution in [-0.4, -0.2) is 47.2 Å². The summed E-state index contributed by atoms with van der Waals surface area (Å²) in [5.74, 6) is 1.60.